The Balaban J connectivity index is 1.76. The van der Waals surface area contributed by atoms with Gasteiger partial charge in [-0.3, -0.25) is 9.59 Å². The smallest absolute Gasteiger partial charge is 0.303 e. The first-order chi connectivity index (χ1) is 10.1. The minimum Gasteiger partial charge on any atom is -0.481 e. The average molecular weight is 296 g/mol. The molecule has 5 nitrogen and oxygen atoms in total. The summed E-state index contributed by atoms with van der Waals surface area (Å²) in [5, 5.41) is 15.3. The van der Waals surface area contributed by atoms with Crippen LogP contribution in [0.3, 0.4) is 0 Å². The van der Waals surface area contributed by atoms with E-state index in [9.17, 15) is 9.59 Å². The van der Waals surface area contributed by atoms with E-state index in [2.05, 4.69) is 10.6 Å². The van der Waals surface area contributed by atoms with Crippen LogP contribution in [0.15, 0.2) is 0 Å². The van der Waals surface area contributed by atoms with Gasteiger partial charge in [0.25, 0.3) is 0 Å². The Morgan fingerprint density at radius 2 is 2.00 bits per heavy atom. The van der Waals surface area contributed by atoms with Crippen molar-refractivity contribution >= 4 is 11.9 Å². The van der Waals surface area contributed by atoms with Crippen molar-refractivity contribution in [2.45, 2.75) is 70.4 Å². The van der Waals surface area contributed by atoms with Gasteiger partial charge in [0.1, 0.15) is 0 Å². The van der Waals surface area contributed by atoms with Crippen molar-refractivity contribution in [2.75, 3.05) is 6.54 Å². The van der Waals surface area contributed by atoms with Gasteiger partial charge in [-0.1, -0.05) is 26.2 Å². The van der Waals surface area contributed by atoms with Crippen LogP contribution in [0.5, 0.6) is 0 Å². The Kier molecular flexibility index (Phi) is 6.03. The number of rotatable bonds is 6. The molecule has 0 aromatic rings. The van der Waals surface area contributed by atoms with Crippen LogP contribution in [0.2, 0.25) is 0 Å². The van der Waals surface area contributed by atoms with Gasteiger partial charge in [-0.25, -0.2) is 0 Å². The number of aliphatic carboxylic acids is 1. The summed E-state index contributed by atoms with van der Waals surface area (Å²) < 4.78 is 0. The van der Waals surface area contributed by atoms with Crippen molar-refractivity contribution in [3.63, 3.8) is 0 Å². The highest BCUT2D eigenvalue weighted by molar-refractivity contribution is 5.82. The molecular weight excluding hydrogens is 268 g/mol. The molecule has 0 radical (unpaired) electrons. The third-order valence-electron chi connectivity index (χ3n) is 5.07. The largest absolute Gasteiger partial charge is 0.481 e. The molecule has 4 atom stereocenters. The fraction of sp³-hybridized carbons (Fsp3) is 0.875. The summed E-state index contributed by atoms with van der Waals surface area (Å²) in [4.78, 5) is 23.0. The van der Waals surface area contributed by atoms with Gasteiger partial charge in [0, 0.05) is 19.0 Å². The lowest BCUT2D eigenvalue weighted by atomic mass is 9.77. The molecule has 2 aliphatic rings. The molecule has 0 spiro atoms. The quantitative estimate of drug-likeness (QED) is 0.699. The van der Waals surface area contributed by atoms with Crippen molar-refractivity contribution in [3.05, 3.63) is 0 Å². The molecular formula is C16H28N2O3. The van der Waals surface area contributed by atoms with E-state index < -0.39 is 5.97 Å². The van der Waals surface area contributed by atoms with E-state index >= 15 is 0 Å². The predicted molar refractivity (Wildman–Crippen MR) is 80.9 cm³/mol. The Morgan fingerprint density at radius 1 is 1.24 bits per heavy atom. The Bertz CT molecular complexity index is 373. The number of hydrogen-bond donors (Lipinski definition) is 3. The topological polar surface area (TPSA) is 78.4 Å². The Morgan fingerprint density at radius 3 is 2.71 bits per heavy atom. The zero-order chi connectivity index (χ0) is 15.2. The van der Waals surface area contributed by atoms with Crippen molar-refractivity contribution in [1.29, 1.82) is 0 Å². The van der Waals surface area contributed by atoms with E-state index in [0.29, 0.717) is 12.6 Å². The van der Waals surface area contributed by atoms with Crippen LogP contribution in [-0.4, -0.2) is 35.6 Å². The molecule has 1 heterocycles. The minimum atomic E-state index is -0.795. The number of amides is 1. The van der Waals surface area contributed by atoms with Gasteiger partial charge in [0.15, 0.2) is 0 Å². The Hall–Kier alpha value is -1.10. The third kappa shape index (κ3) is 4.70. The third-order valence-corrected chi connectivity index (χ3v) is 5.07. The van der Waals surface area contributed by atoms with Crippen LogP contribution >= 0.6 is 0 Å². The number of hydrogen-bond acceptors (Lipinski definition) is 3. The molecule has 0 aromatic carbocycles. The molecule has 1 amide bonds. The highest BCUT2D eigenvalue weighted by Gasteiger charge is 2.34. The molecule has 0 bridgehead atoms. The van der Waals surface area contributed by atoms with Gasteiger partial charge in [0.2, 0.25) is 5.91 Å². The van der Waals surface area contributed by atoms with E-state index in [4.69, 9.17) is 5.11 Å². The van der Waals surface area contributed by atoms with E-state index in [1.165, 1.54) is 25.7 Å². The fourth-order valence-corrected chi connectivity index (χ4v) is 3.68. The average Bonchev–Trinajstić information content (AvgIpc) is 2.50. The van der Waals surface area contributed by atoms with Crippen LogP contribution < -0.4 is 10.6 Å². The Labute approximate surface area is 126 Å². The highest BCUT2D eigenvalue weighted by atomic mass is 16.4. The van der Waals surface area contributed by atoms with Gasteiger partial charge in [-0.2, -0.15) is 0 Å². The van der Waals surface area contributed by atoms with E-state index in [1.807, 2.05) is 6.92 Å². The fourth-order valence-electron chi connectivity index (χ4n) is 3.68. The summed E-state index contributed by atoms with van der Waals surface area (Å²) in [7, 11) is 0. The maximum atomic E-state index is 12.3. The first kappa shape index (κ1) is 16.3. The molecule has 2 fully saturated rings. The first-order valence-electron chi connectivity index (χ1n) is 8.35. The van der Waals surface area contributed by atoms with Gasteiger partial charge < -0.3 is 15.7 Å². The lowest BCUT2D eigenvalue weighted by Gasteiger charge is -2.40. The number of carboxylic acids is 1. The number of nitrogens with one attached hydrogen (secondary N) is 2. The van der Waals surface area contributed by atoms with Crippen molar-refractivity contribution < 1.29 is 14.7 Å². The van der Waals surface area contributed by atoms with Crippen LogP contribution in [0, 0.1) is 11.8 Å². The van der Waals surface area contributed by atoms with Crippen molar-refractivity contribution in [2.24, 2.45) is 11.8 Å². The normalized spacial score (nSPS) is 30.2. The molecule has 4 unspecified atom stereocenters. The molecule has 120 valence electrons. The van der Waals surface area contributed by atoms with E-state index in [0.717, 1.165) is 25.2 Å². The zero-order valence-corrected chi connectivity index (χ0v) is 12.9. The molecule has 5 heteroatoms. The number of piperidine rings is 1. The SMILES string of the molecule is CCC(CNC(=O)C1CCC2CCCCC2N1)CC(=O)O. The van der Waals surface area contributed by atoms with Crippen LogP contribution in [0.1, 0.15) is 58.3 Å². The maximum absolute atomic E-state index is 12.3. The second kappa shape index (κ2) is 7.78. The second-order valence-corrected chi connectivity index (χ2v) is 6.56. The summed E-state index contributed by atoms with van der Waals surface area (Å²) in [6.45, 7) is 2.43. The van der Waals surface area contributed by atoms with Gasteiger partial charge in [-0.05, 0) is 37.5 Å². The first-order valence-corrected chi connectivity index (χ1v) is 8.35. The van der Waals surface area contributed by atoms with Gasteiger partial charge >= 0.3 is 5.97 Å². The van der Waals surface area contributed by atoms with Crippen molar-refractivity contribution in [1.82, 2.24) is 10.6 Å². The van der Waals surface area contributed by atoms with E-state index in [-0.39, 0.29) is 24.3 Å². The predicted octanol–water partition coefficient (Wildman–Crippen LogP) is 1.91. The molecule has 2 rings (SSSR count). The van der Waals surface area contributed by atoms with Gasteiger partial charge in [-0.15, -0.1) is 0 Å². The lowest BCUT2D eigenvalue weighted by molar-refractivity contribution is -0.138. The number of carbonyl (C=O) groups is 2. The molecule has 1 saturated carbocycles. The second-order valence-electron chi connectivity index (χ2n) is 6.56. The summed E-state index contributed by atoms with van der Waals surface area (Å²) in [6, 6.07) is 0.413. The molecule has 3 N–H and O–H groups in total. The van der Waals surface area contributed by atoms with E-state index in [1.54, 1.807) is 0 Å². The summed E-state index contributed by atoms with van der Waals surface area (Å²) in [5.74, 6) is 0.0236. The van der Waals surface area contributed by atoms with Crippen molar-refractivity contribution in [3.8, 4) is 0 Å². The monoisotopic (exact) mass is 296 g/mol. The molecule has 1 saturated heterocycles. The van der Waals surface area contributed by atoms with Crippen LogP contribution in [0.25, 0.3) is 0 Å². The van der Waals surface area contributed by atoms with Gasteiger partial charge in [0.05, 0.1) is 6.04 Å². The lowest BCUT2D eigenvalue weighted by Crippen LogP contribution is -2.55. The standard InChI is InChI=1S/C16H28N2O3/c1-2-11(9-15(19)20)10-17-16(21)14-8-7-12-5-3-4-6-13(12)18-14/h11-14,18H,2-10H2,1H3,(H,17,21)(H,19,20). The van der Waals surface area contributed by atoms with Crippen LogP contribution in [0.4, 0.5) is 0 Å². The van der Waals surface area contributed by atoms with Crippen LogP contribution in [-0.2, 0) is 9.59 Å². The molecule has 0 aromatic heterocycles. The minimum absolute atomic E-state index is 0.0254. The molecule has 21 heavy (non-hydrogen) atoms. The highest BCUT2D eigenvalue weighted by Crippen LogP contribution is 2.32. The number of carboxylic acid groups (broad SMARTS) is 1. The zero-order valence-electron chi connectivity index (χ0n) is 12.9. The summed E-state index contributed by atoms with van der Waals surface area (Å²) in [6.07, 6.45) is 8.01. The summed E-state index contributed by atoms with van der Waals surface area (Å²) in [5.41, 5.74) is 0. The number of carbonyl (C=O) groups excluding carboxylic acids is 1. The summed E-state index contributed by atoms with van der Waals surface area (Å²) >= 11 is 0. The number of fused-ring (bicyclic) bond motifs is 1. The molecule has 1 aliphatic carbocycles. The maximum Gasteiger partial charge on any atom is 0.303 e. The molecule has 1 aliphatic heterocycles.